The molecule has 2 rings (SSSR count). The summed E-state index contributed by atoms with van der Waals surface area (Å²) < 4.78 is 14.9. The third kappa shape index (κ3) is 6.43. The van der Waals surface area contributed by atoms with Gasteiger partial charge in [0.25, 0.3) is 0 Å². The molecular formula is C14H19Cl2FN4O. The molecule has 0 amide bonds. The zero-order valence-electron chi connectivity index (χ0n) is 11.9. The summed E-state index contributed by atoms with van der Waals surface area (Å²) in [6.07, 6.45) is 6.00. The van der Waals surface area contributed by atoms with Crippen LogP contribution in [0.25, 0.3) is 0 Å². The van der Waals surface area contributed by atoms with Crippen molar-refractivity contribution in [2.75, 3.05) is 13.2 Å². The number of hydrogen-bond donors (Lipinski definition) is 1. The van der Waals surface area contributed by atoms with E-state index in [2.05, 4.69) is 10.1 Å². The first-order valence-electron chi connectivity index (χ1n) is 6.40. The van der Waals surface area contributed by atoms with Gasteiger partial charge in [-0.3, -0.25) is 0 Å². The Morgan fingerprint density at radius 1 is 1.27 bits per heavy atom. The minimum atomic E-state index is -0.273. The fraction of sp³-hybridized carbons (Fsp3) is 0.286. The van der Waals surface area contributed by atoms with Crippen LogP contribution in [0.5, 0.6) is 0 Å². The first kappa shape index (κ1) is 20.4. The number of hydrogen-bond acceptors (Lipinski definition) is 4. The number of aryl methyl sites for hydroxylation is 1. The van der Waals surface area contributed by atoms with E-state index in [1.807, 2.05) is 10.8 Å². The first-order valence-corrected chi connectivity index (χ1v) is 6.40. The Bertz CT molecular complexity index is 546. The second kappa shape index (κ2) is 11.0. The molecule has 1 heterocycles. The fourth-order valence-electron chi connectivity index (χ4n) is 1.72. The zero-order chi connectivity index (χ0) is 14.2. The van der Waals surface area contributed by atoms with Gasteiger partial charge in [-0.25, -0.2) is 9.37 Å². The van der Waals surface area contributed by atoms with Crippen molar-refractivity contribution in [1.82, 2.24) is 9.55 Å². The Morgan fingerprint density at radius 2 is 2.00 bits per heavy atom. The summed E-state index contributed by atoms with van der Waals surface area (Å²) in [6.45, 7) is 1.49. The van der Waals surface area contributed by atoms with Crippen LogP contribution >= 0.6 is 24.8 Å². The van der Waals surface area contributed by atoms with Crippen molar-refractivity contribution >= 4 is 30.5 Å². The van der Waals surface area contributed by atoms with Crippen LogP contribution in [0.1, 0.15) is 12.0 Å². The molecule has 1 aromatic carbocycles. The number of rotatable bonds is 7. The van der Waals surface area contributed by atoms with Crippen molar-refractivity contribution in [3.05, 3.63) is 54.4 Å². The molecule has 0 spiro atoms. The van der Waals surface area contributed by atoms with E-state index in [0.717, 1.165) is 17.8 Å². The van der Waals surface area contributed by atoms with Gasteiger partial charge in [0.2, 0.25) is 0 Å². The molecule has 5 nitrogen and oxygen atoms in total. The predicted molar refractivity (Wildman–Crippen MR) is 89.3 cm³/mol. The van der Waals surface area contributed by atoms with E-state index in [9.17, 15) is 4.39 Å². The molecule has 0 saturated heterocycles. The predicted octanol–water partition coefficient (Wildman–Crippen LogP) is 2.64. The van der Waals surface area contributed by atoms with Gasteiger partial charge in [-0.2, -0.15) is 0 Å². The number of nitrogens with zero attached hydrogens (tertiary/aromatic N) is 3. The van der Waals surface area contributed by atoms with Crippen LogP contribution in [0.3, 0.4) is 0 Å². The number of benzene rings is 1. The van der Waals surface area contributed by atoms with E-state index in [1.54, 1.807) is 24.7 Å². The normalized spacial score (nSPS) is 10.5. The van der Waals surface area contributed by atoms with Crippen LogP contribution in [-0.4, -0.2) is 28.4 Å². The standard InChI is InChI=1S/C14H17FN4O.2ClH/c15-13-3-1-12(2-4-13)14(18-20-10-6-16)5-8-19-9-7-17-11-19;;/h1-4,7,9,11H,5-6,8,10,16H2;2*1H. The van der Waals surface area contributed by atoms with Gasteiger partial charge in [0.05, 0.1) is 12.0 Å². The summed E-state index contributed by atoms with van der Waals surface area (Å²) >= 11 is 0. The van der Waals surface area contributed by atoms with E-state index in [4.69, 9.17) is 10.6 Å². The molecule has 0 atom stereocenters. The van der Waals surface area contributed by atoms with Gasteiger partial charge in [0.1, 0.15) is 12.4 Å². The summed E-state index contributed by atoms with van der Waals surface area (Å²) in [5, 5.41) is 4.09. The molecule has 0 aliphatic carbocycles. The molecule has 0 unspecified atom stereocenters. The minimum Gasteiger partial charge on any atom is -0.394 e. The fourth-order valence-corrected chi connectivity index (χ4v) is 1.72. The van der Waals surface area contributed by atoms with E-state index >= 15 is 0 Å². The summed E-state index contributed by atoms with van der Waals surface area (Å²) in [6, 6.07) is 6.19. The van der Waals surface area contributed by atoms with Crippen molar-refractivity contribution in [3.63, 3.8) is 0 Å². The summed E-state index contributed by atoms with van der Waals surface area (Å²) in [4.78, 5) is 9.13. The van der Waals surface area contributed by atoms with Gasteiger partial charge in [-0.05, 0) is 17.7 Å². The Morgan fingerprint density at radius 3 is 2.59 bits per heavy atom. The average Bonchev–Trinajstić information content (AvgIpc) is 2.97. The first-order chi connectivity index (χ1) is 9.79. The number of aromatic nitrogens is 2. The molecule has 8 heteroatoms. The minimum absolute atomic E-state index is 0. The molecule has 1 aromatic heterocycles. The Hall–Kier alpha value is -1.63. The maximum atomic E-state index is 13.0. The SMILES string of the molecule is Cl.Cl.NCCON=C(CCn1ccnc1)c1ccc(F)cc1. The van der Waals surface area contributed by atoms with Crippen molar-refractivity contribution in [2.24, 2.45) is 10.9 Å². The molecule has 0 aliphatic heterocycles. The molecule has 22 heavy (non-hydrogen) atoms. The molecule has 2 aromatic rings. The Balaban J connectivity index is 0.00000220. The molecule has 122 valence electrons. The van der Waals surface area contributed by atoms with Gasteiger partial charge in [0, 0.05) is 31.9 Å². The van der Waals surface area contributed by atoms with Crippen LogP contribution in [0, 0.1) is 5.82 Å². The highest BCUT2D eigenvalue weighted by molar-refractivity contribution is 6.00. The smallest absolute Gasteiger partial charge is 0.129 e. The van der Waals surface area contributed by atoms with Crippen LogP contribution in [0.2, 0.25) is 0 Å². The Kier molecular flexibility index (Phi) is 10.2. The maximum absolute atomic E-state index is 13.0. The largest absolute Gasteiger partial charge is 0.394 e. The van der Waals surface area contributed by atoms with Crippen molar-refractivity contribution in [1.29, 1.82) is 0 Å². The van der Waals surface area contributed by atoms with E-state index < -0.39 is 0 Å². The van der Waals surface area contributed by atoms with Crippen LogP contribution in [0.4, 0.5) is 4.39 Å². The average molecular weight is 349 g/mol. The summed E-state index contributed by atoms with van der Waals surface area (Å²) in [5.74, 6) is -0.273. The van der Waals surface area contributed by atoms with Crippen molar-refractivity contribution in [2.45, 2.75) is 13.0 Å². The van der Waals surface area contributed by atoms with Gasteiger partial charge in [-0.1, -0.05) is 17.3 Å². The highest BCUT2D eigenvalue weighted by atomic mass is 35.5. The van der Waals surface area contributed by atoms with Crippen LogP contribution < -0.4 is 5.73 Å². The lowest BCUT2D eigenvalue weighted by molar-refractivity contribution is 0.151. The van der Waals surface area contributed by atoms with Crippen LogP contribution in [-0.2, 0) is 11.4 Å². The van der Waals surface area contributed by atoms with E-state index in [1.165, 1.54) is 12.1 Å². The van der Waals surface area contributed by atoms with Gasteiger partial charge >= 0.3 is 0 Å². The van der Waals surface area contributed by atoms with Crippen LogP contribution in [0.15, 0.2) is 48.1 Å². The lowest BCUT2D eigenvalue weighted by Gasteiger charge is -2.07. The second-order valence-corrected chi connectivity index (χ2v) is 4.22. The van der Waals surface area contributed by atoms with Gasteiger partial charge in [-0.15, -0.1) is 24.8 Å². The molecule has 0 radical (unpaired) electrons. The van der Waals surface area contributed by atoms with Crippen molar-refractivity contribution < 1.29 is 9.23 Å². The highest BCUT2D eigenvalue weighted by Gasteiger charge is 2.06. The van der Waals surface area contributed by atoms with Gasteiger partial charge in [0.15, 0.2) is 0 Å². The quantitative estimate of drug-likeness (QED) is 0.475. The number of halogens is 3. The lowest BCUT2D eigenvalue weighted by Crippen LogP contribution is -2.10. The highest BCUT2D eigenvalue weighted by Crippen LogP contribution is 2.08. The topological polar surface area (TPSA) is 65.4 Å². The summed E-state index contributed by atoms with van der Waals surface area (Å²) in [5.41, 5.74) is 6.96. The van der Waals surface area contributed by atoms with E-state index in [0.29, 0.717) is 19.6 Å². The lowest BCUT2D eigenvalue weighted by atomic mass is 10.1. The maximum Gasteiger partial charge on any atom is 0.129 e. The van der Waals surface area contributed by atoms with Gasteiger partial charge < -0.3 is 15.1 Å². The Labute approximate surface area is 141 Å². The zero-order valence-corrected chi connectivity index (χ0v) is 13.5. The molecule has 0 aliphatic rings. The molecule has 0 bridgehead atoms. The third-order valence-corrected chi connectivity index (χ3v) is 2.73. The monoisotopic (exact) mass is 348 g/mol. The number of oxime groups is 1. The number of nitrogens with two attached hydrogens (primary N) is 1. The molecular weight excluding hydrogens is 330 g/mol. The molecule has 0 saturated carbocycles. The number of imidazole rings is 1. The summed E-state index contributed by atoms with van der Waals surface area (Å²) in [7, 11) is 0. The third-order valence-electron chi connectivity index (χ3n) is 2.73. The second-order valence-electron chi connectivity index (χ2n) is 4.22. The molecule has 0 fully saturated rings. The van der Waals surface area contributed by atoms with E-state index in [-0.39, 0.29) is 30.6 Å². The van der Waals surface area contributed by atoms with Crippen molar-refractivity contribution in [3.8, 4) is 0 Å². The molecule has 2 N–H and O–H groups in total.